The minimum atomic E-state index is -0.125. The zero-order chi connectivity index (χ0) is 12.1. The lowest BCUT2D eigenvalue weighted by atomic mass is 10.3. The van der Waals surface area contributed by atoms with Crippen molar-refractivity contribution >= 4 is 50.7 Å². The van der Waals surface area contributed by atoms with Crippen molar-refractivity contribution in [3.8, 4) is 0 Å². The second-order valence-corrected chi connectivity index (χ2v) is 4.88. The summed E-state index contributed by atoms with van der Waals surface area (Å²) in [5.74, 6) is -0.125. The molecule has 0 saturated carbocycles. The highest BCUT2D eigenvalue weighted by Crippen LogP contribution is 2.33. The summed E-state index contributed by atoms with van der Waals surface area (Å²) >= 11 is 15.2. The van der Waals surface area contributed by atoms with Crippen LogP contribution < -0.4 is 10.6 Å². The molecular formula is C10H11BrCl2N2O. The topological polar surface area (TPSA) is 41.1 Å². The van der Waals surface area contributed by atoms with E-state index in [1.165, 1.54) is 0 Å². The van der Waals surface area contributed by atoms with Crippen LogP contribution in [-0.2, 0) is 4.79 Å². The maximum Gasteiger partial charge on any atom is 0.225 e. The van der Waals surface area contributed by atoms with Gasteiger partial charge in [0.25, 0.3) is 0 Å². The Bertz CT molecular complexity index is 375. The first-order chi connectivity index (χ1) is 7.54. The van der Waals surface area contributed by atoms with Gasteiger partial charge in [0.15, 0.2) is 0 Å². The van der Waals surface area contributed by atoms with E-state index in [9.17, 15) is 4.79 Å². The highest BCUT2D eigenvalue weighted by atomic mass is 79.9. The molecule has 6 heteroatoms. The number of hydrogen-bond acceptors (Lipinski definition) is 2. The Morgan fingerprint density at radius 3 is 2.44 bits per heavy atom. The van der Waals surface area contributed by atoms with Crippen molar-refractivity contribution in [3.63, 3.8) is 0 Å². The highest BCUT2D eigenvalue weighted by molar-refractivity contribution is 9.10. The normalized spacial score (nSPS) is 10.2. The van der Waals surface area contributed by atoms with Crippen LogP contribution >= 0.6 is 39.1 Å². The summed E-state index contributed by atoms with van der Waals surface area (Å²) in [4.78, 5) is 11.5. The Morgan fingerprint density at radius 1 is 1.38 bits per heavy atom. The second kappa shape index (κ2) is 6.45. The number of nitrogens with one attached hydrogen (secondary N) is 2. The van der Waals surface area contributed by atoms with Crippen molar-refractivity contribution in [2.45, 2.75) is 6.42 Å². The lowest BCUT2D eigenvalue weighted by molar-refractivity contribution is -0.116. The van der Waals surface area contributed by atoms with Gasteiger partial charge in [-0.2, -0.15) is 0 Å². The molecule has 0 aromatic heterocycles. The van der Waals surface area contributed by atoms with Crippen LogP contribution in [0.1, 0.15) is 6.42 Å². The highest BCUT2D eigenvalue weighted by Gasteiger charge is 2.10. The number of carbonyl (C=O) groups is 1. The molecule has 3 nitrogen and oxygen atoms in total. The molecule has 16 heavy (non-hydrogen) atoms. The second-order valence-electron chi connectivity index (χ2n) is 3.15. The molecule has 0 saturated heterocycles. The van der Waals surface area contributed by atoms with E-state index in [0.29, 0.717) is 28.7 Å². The van der Waals surface area contributed by atoms with Gasteiger partial charge in [-0.15, -0.1) is 0 Å². The minimum absolute atomic E-state index is 0.125. The first kappa shape index (κ1) is 13.8. The molecule has 0 heterocycles. The van der Waals surface area contributed by atoms with Crippen molar-refractivity contribution in [1.29, 1.82) is 0 Å². The molecular weight excluding hydrogens is 315 g/mol. The monoisotopic (exact) mass is 324 g/mol. The predicted octanol–water partition coefficient (Wildman–Crippen LogP) is 3.30. The fraction of sp³-hybridized carbons (Fsp3) is 0.300. The summed E-state index contributed by atoms with van der Waals surface area (Å²) in [6, 6.07) is 3.36. The third-order valence-electron chi connectivity index (χ3n) is 1.87. The van der Waals surface area contributed by atoms with Gasteiger partial charge in [0.05, 0.1) is 15.7 Å². The maximum atomic E-state index is 11.5. The van der Waals surface area contributed by atoms with E-state index in [-0.39, 0.29) is 5.91 Å². The van der Waals surface area contributed by atoms with Gasteiger partial charge in [0.2, 0.25) is 5.91 Å². The number of carbonyl (C=O) groups excluding carboxylic acids is 1. The van der Waals surface area contributed by atoms with Crippen LogP contribution in [0.4, 0.5) is 5.69 Å². The van der Waals surface area contributed by atoms with Crippen LogP contribution in [-0.4, -0.2) is 19.5 Å². The molecule has 0 fully saturated rings. The fourth-order valence-corrected chi connectivity index (χ4v) is 2.41. The van der Waals surface area contributed by atoms with Gasteiger partial charge in [0, 0.05) is 17.4 Å². The number of benzene rings is 1. The maximum absolute atomic E-state index is 11.5. The van der Waals surface area contributed by atoms with Crippen molar-refractivity contribution in [3.05, 3.63) is 26.7 Å². The average Bonchev–Trinajstić information content (AvgIpc) is 2.20. The summed E-state index contributed by atoms with van der Waals surface area (Å²) in [5.41, 5.74) is 0.452. The van der Waals surface area contributed by atoms with Crippen molar-refractivity contribution in [1.82, 2.24) is 5.32 Å². The summed E-state index contributed by atoms with van der Waals surface area (Å²) < 4.78 is 0.774. The smallest absolute Gasteiger partial charge is 0.225 e. The predicted molar refractivity (Wildman–Crippen MR) is 71.3 cm³/mol. The van der Waals surface area contributed by atoms with Gasteiger partial charge in [-0.1, -0.05) is 39.1 Å². The molecule has 0 atom stereocenters. The van der Waals surface area contributed by atoms with E-state index in [0.717, 1.165) is 4.47 Å². The third-order valence-corrected chi connectivity index (χ3v) is 2.93. The van der Waals surface area contributed by atoms with Crippen LogP contribution in [0, 0.1) is 0 Å². The van der Waals surface area contributed by atoms with E-state index >= 15 is 0 Å². The molecule has 1 aromatic carbocycles. The lowest BCUT2D eigenvalue weighted by Crippen LogP contribution is -2.19. The van der Waals surface area contributed by atoms with Gasteiger partial charge in [-0.3, -0.25) is 4.79 Å². The van der Waals surface area contributed by atoms with E-state index in [1.807, 2.05) is 0 Å². The summed E-state index contributed by atoms with van der Waals surface area (Å²) in [6.45, 7) is 0.609. The van der Waals surface area contributed by atoms with E-state index in [2.05, 4.69) is 26.6 Å². The zero-order valence-electron chi connectivity index (χ0n) is 8.61. The SMILES string of the molecule is CNCCC(=O)Nc1c(Cl)cc(Br)cc1Cl. The molecule has 0 unspecified atom stereocenters. The fourth-order valence-electron chi connectivity index (χ4n) is 1.10. The first-order valence-electron chi connectivity index (χ1n) is 4.63. The number of hydrogen-bond donors (Lipinski definition) is 2. The number of rotatable bonds is 4. The van der Waals surface area contributed by atoms with Gasteiger partial charge in [-0.05, 0) is 19.2 Å². The van der Waals surface area contributed by atoms with Gasteiger partial charge >= 0.3 is 0 Å². The summed E-state index contributed by atoms with van der Waals surface area (Å²) in [6.07, 6.45) is 0.374. The molecule has 1 rings (SSSR count). The molecule has 0 aliphatic carbocycles. The number of anilines is 1. The van der Waals surface area contributed by atoms with Gasteiger partial charge < -0.3 is 10.6 Å². The standard InChI is InChI=1S/C10H11BrCl2N2O/c1-14-3-2-9(16)15-10-7(12)4-6(11)5-8(10)13/h4-5,14H,2-3H2,1H3,(H,15,16). The van der Waals surface area contributed by atoms with Crippen molar-refractivity contribution in [2.75, 3.05) is 18.9 Å². The molecule has 0 aliphatic heterocycles. The van der Waals surface area contributed by atoms with Crippen LogP contribution in [0.5, 0.6) is 0 Å². The van der Waals surface area contributed by atoms with Crippen molar-refractivity contribution in [2.24, 2.45) is 0 Å². The van der Waals surface area contributed by atoms with Crippen LogP contribution in [0.15, 0.2) is 16.6 Å². The Kier molecular flexibility index (Phi) is 5.55. The van der Waals surface area contributed by atoms with E-state index in [4.69, 9.17) is 23.2 Å². The van der Waals surface area contributed by atoms with Crippen LogP contribution in [0.3, 0.4) is 0 Å². The number of amides is 1. The molecule has 0 spiro atoms. The Balaban J connectivity index is 2.77. The van der Waals surface area contributed by atoms with Gasteiger partial charge in [0.1, 0.15) is 0 Å². The van der Waals surface area contributed by atoms with Gasteiger partial charge in [-0.25, -0.2) is 0 Å². The van der Waals surface area contributed by atoms with E-state index in [1.54, 1.807) is 19.2 Å². The molecule has 1 amide bonds. The quantitative estimate of drug-likeness (QED) is 0.891. The Labute approximate surface area is 113 Å². The first-order valence-corrected chi connectivity index (χ1v) is 6.18. The minimum Gasteiger partial charge on any atom is -0.324 e. The molecule has 88 valence electrons. The Hall–Kier alpha value is -0.290. The molecule has 0 radical (unpaired) electrons. The lowest BCUT2D eigenvalue weighted by Gasteiger charge is -2.09. The van der Waals surface area contributed by atoms with Crippen LogP contribution in [0.25, 0.3) is 0 Å². The zero-order valence-corrected chi connectivity index (χ0v) is 11.7. The molecule has 0 bridgehead atoms. The van der Waals surface area contributed by atoms with Crippen molar-refractivity contribution < 1.29 is 4.79 Å². The molecule has 2 N–H and O–H groups in total. The largest absolute Gasteiger partial charge is 0.324 e. The average molecular weight is 326 g/mol. The molecule has 1 aromatic rings. The Morgan fingerprint density at radius 2 is 1.94 bits per heavy atom. The summed E-state index contributed by atoms with van der Waals surface area (Å²) in [7, 11) is 1.78. The van der Waals surface area contributed by atoms with E-state index < -0.39 is 0 Å². The third kappa shape index (κ3) is 3.94. The number of halogens is 3. The molecule has 0 aliphatic rings. The van der Waals surface area contributed by atoms with Crippen LogP contribution in [0.2, 0.25) is 10.0 Å². The summed E-state index contributed by atoms with van der Waals surface area (Å²) in [5, 5.41) is 6.39.